The molecule has 1 aliphatic carbocycles. The minimum absolute atomic E-state index is 0.121. The predicted octanol–water partition coefficient (Wildman–Crippen LogP) is 2.49. The predicted molar refractivity (Wildman–Crippen MR) is 82.0 cm³/mol. The maximum atomic E-state index is 12.8. The average Bonchev–Trinajstić information content (AvgIpc) is 3.15. The largest absolute Gasteiger partial charge is 0.496 e. The number of benzene rings is 1. The van der Waals surface area contributed by atoms with Crippen LogP contribution in [0.25, 0.3) is 0 Å². The molecule has 0 bridgehead atoms. The molecule has 1 amide bonds. The molecule has 1 heterocycles. The van der Waals surface area contributed by atoms with E-state index in [4.69, 9.17) is 10.5 Å². The lowest BCUT2D eigenvalue weighted by molar-refractivity contribution is -0.136. The summed E-state index contributed by atoms with van der Waals surface area (Å²) in [4.78, 5) is 14.9. The Morgan fingerprint density at radius 2 is 2.10 bits per heavy atom. The Kier molecular flexibility index (Phi) is 4.15. The Balaban J connectivity index is 1.80. The van der Waals surface area contributed by atoms with Crippen molar-refractivity contribution < 1.29 is 9.53 Å². The number of nitrogens with two attached hydrogens (primary N) is 1. The normalized spacial score (nSPS) is 28.9. The van der Waals surface area contributed by atoms with Crippen molar-refractivity contribution in [1.29, 1.82) is 0 Å². The minimum Gasteiger partial charge on any atom is -0.496 e. The van der Waals surface area contributed by atoms with Gasteiger partial charge in [0.15, 0.2) is 0 Å². The molecule has 114 valence electrons. The number of ether oxygens (including phenoxy) is 1. The maximum Gasteiger partial charge on any atom is 0.226 e. The fourth-order valence-corrected chi connectivity index (χ4v) is 3.77. The van der Waals surface area contributed by atoms with Gasteiger partial charge in [-0.05, 0) is 38.2 Å². The van der Waals surface area contributed by atoms with E-state index in [1.807, 2.05) is 18.2 Å². The number of carbonyl (C=O) groups is 1. The summed E-state index contributed by atoms with van der Waals surface area (Å²) >= 11 is 0. The SMILES string of the molecule is COc1ccccc1C1CCCN1C(=O)C1CCC(N)C1. The lowest BCUT2D eigenvalue weighted by Crippen LogP contribution is -2.35. The van der Waals surface area contributed by atoms with Crippen molar-refractivity contribution in [3.05, 3.63) is 29.8 Å². The van der Waals surface area contributed by atoms with Crippen molar-refractivity contribution >= 4 is 5.91 Å². The number of hydrogen-bond donors (Lipinski definition) is 1. The van der Waals surface area contributed by atoms with Crippen LogP contribution in [0.4, 0.5) is 0 Å². The summed E-state index contributed by atoms with van der Waals surface area (Å²) in [7, 11) is 1.69. The van der Waals surface area contributed by atoms with Crippen LogP contribution in [0.15, 0.2) is 24.3 Å². The van der Waals surface area contributed by atoms with Crippen molar-refractivity contribution in [2.45, 2.75) is 44.2 Å². The molecule has 0 spiro atoms. The van der Waals surface area contributed by atoms with Gasteiger partial charge in [0.25, 0.3) is 0 Å². The summed E-state index contributed by atoms with van der Waals surface area (Å²) in [5.74, 6) is 1.29. The number of likely N-dealkylation sites (tertiary alicyclic amines) is 1. The van der Waals surface area contributed by atoms with Crippen LogP contribution in [0, 0.1) is 5.92 Å². The Morgan fingerprint density at radius 3 is 2.81 bits per heavy atom. The second-order valence-electron chi connectivity index (χ2n) is 6.20. The van der Waals surface area contributed by atoms with Crippen molar-refractivity contribution in [2.75, 3.05) is 13.7 Å². The fourth-order valence-electron chi connectivity index (χ4n) is 3.77. The van der Waals surface area contributed by atoms with Gasteiger partial charge >= 0.3 is 0 Å². The Labute approximate surface area is 126 Å². The van der Waals surface area contributed by atoms with Crippen molar-refractivity contribution in [3.63, 3.8) is 0 Å². The van der Waals surface area contributed by atoms with Crippen LogP contribution in [0.3, 0.4) is 0 Å². The van der Waals surface area contributed by atoms with Gasteiger partial charge < -0.3 is 15.4 Å². The molecule has 4 nitrogen and oxygen atoms in total. The van der Waals surface area contributed by atoms with Crippen molar-refractivity contribution in [1.82, 2.24) is 4.90 Å². The van der Waals surface area contributed by atoms with Crippen molar-refractivity contribution in [3.8, 4) is 5.75 Å². The standard InChI is InChI=1S/C17H24N2O2/c1-21-16-7-3-2-5-14(16)15-6-4-10-19(15)17(20)12-8-9-13(18)11-12/h2-3,5,7,12-13,15H,4,6,8-11,18H2,1H3. The zero-order valence-electron chi connectivity index (χ0n) is 12.6. The topological polar surface area (TPSA) is 55.6 Å². The number of methoxy groups -OCH3 is 1. The first-order valence-electron chi connectivity index (χ1n) is 7.89. The molecule has 3 atom stereocenters. The number of amides is 1. The molecule has 21 heavy (non-hydrogen) atoms. The van der Waals surface area contributed by atoms with Crippen LogP contribution < -0.4 is 10.5 Å². The van der Waals surface area contributed by atoms with E-state index in [0.29, 0.717) is 0 Å². The number of nitrogens with zero attached hydrogens (tertiary/aromatic N) is 1. The van der Waals surface area contributed by atoms with Crippen LogP contribution in [-0.4, -0.2) is 30.5 Å². The van der Waals surface area contributed by atoms with Gasteiger partial charge in [-0.2, -0.15) is 0 Å². The molecule has 2 fully saturated rings. The van der Waals surface area contributed by atoms with Crippen molar-refractivity contribution in [2.24, 2.45) is 11.7 Å². The maximum absolute atomic E-state index is 12.8. The zero-order chi connectivity index (χ0) is 14.8. The number of rotatable bonds is 3. The summed E-state index contributed by atoms with van der Waals surface area (Å²) in [6, 6.07) is 8.40. The lowest BCUT2D eigenvalue weighted by Gasteiger charge is -2.28. The fraction of sp³-hybridized carbons (Fsp3) is 0.588. The zero-order valence-corrected chi connectivity index (χ0v) is 12.6. The molecule has 4 heteroatoms. The van der Waals surface area contributed by atoms with E-state index in [1.54, 1.807) is 7.11 Å². The first-order valence-corrected chi connectivity index (χ1v) is 7.89. The van der Waals surface area contributed by atoms with Crippen LogP contribution >= 0.6 is 0 Å². The van der Waals surface area contributed by atoms with Gasteiger partial charge in [0.2, 0.25) is 5.91 Å². The van der Waals surface area contributed by atoms with E-state index in [1.165, 1.54) is 0 Å². The lowest BCUT2D eigenvalue weighted by atomic mass is 10.0. The monoisotopic (exact) mass is 288 g/mol. The van der Waals surface area contributed by atoms with E-state index in [2.05, 4.69) is 11.0 Å². The van der Waals surface area contributed by atoms with Crippen LogP contribution in [0.1, 0.15) is 43.7 Å². The average molecular weight is 288 g/mol. The molecule has 1 aromatic carbocycles. The Morgan fingerprint density at radius 1 is 1.29 bits per heavy atom. The Hall–Kier alpha value is -1.55. The highest BCUT2D eigenvalue weighted by molar-refractivity contribution is 5.80. The first-order chi connectivity index (χ1) is 10.2. The molecule has 3 rings (SSSR count). The summed E-state index contributed by atoms with van der Waals surface area (Å²) < 4.78 is 5.47. The first kappa shape index (κ1) is 14.4. The van der Waals surface area contributed by atoms with Crippen LogP contribution in [0.5, 0.6) is 5.75 Å². The molecule has 0 radical (unpaired) electrons. The second kappa shape index (κ2) is 6.06. The summed E-state index contributed by atoms with van der Waals surface area (Å²) in [5, 5.41) is 0. The minimum atomic E-state index is 0.121. The molecule has 1 saturated carbocycles. The molecular formula is C17H24N2O2. The van der Waals surface area contributed by atoms with E-state index in [9.17, 15) is 4.79 Å². The molecule has 3 unspecified atom stereocenters. The van der Waals surface area contributed by atoms with E-state index >= 15 is 0 Å². The van der Waals surface area contributed by atoms with Gasteiger partial charge in [0.1, 0.15) is 5.75 Å². The van der Waals surface area contributed by atoms with E-state index in [0.717, 1.165) is 50.0 Å². The summed E-state index contributed by atoms with van der Waals surface area (Å²) in [5.41, 5.74) is 7.09. The number of para-hydroxylation sites is 1. The molecule has 2 N–H and O–H groups in total. The highest BCUT2D eigenvalue weighted by Gasteiger charge is 2.37. The molecule has 1 aliphatic heterocycles. The third-order valence-corrected chi connectivity index (χ3v) is 4.86. The highest BCUT2D eigenvalue weighted by Crippen LogP contribution is 2.39. The Bertz CT molecular complexity index is 517. The quantitative estimate of drug-likeness (QED) is 0.929. The number of hydrogen-bond acceptors (Lipinski definition) is 3. The third-order valence-electron chi connectivity index (χ3n) is 4.86. The van der Waals surface area contributed by atoms with E-state index < -0.39 is 0 Å². The molecule has 1 saturated heterocycles. The number of carbonyl (C=O) groups excluding carboxylic acids is 1. The highest BCUT2D eigenvalue weighted by atomic mass is 16.5. The summed E-state index contributed by atoms with van der Waals surface area (Å²) in [6.45, 7) is 0.854. The van der Waals surface area contributed by atoms with Gasteiger partial charge in [0, 0.05) is 24.1 Å². The third kappa shape index (κ3) is 2.77. The van der Waals surface area contributed by atoms with Gasteiger partial charge in [-0.1, -0.05) is 18.2 Å². The molecular weight excluding hydrogens is 264 g/mol. The van der Waals surface area contributed by atoms with E-state index in [-0.39, 0.29) is 23.9 Å². The van der Waals surface area contributed by atoms with Gasteiger partial charge in [-0.3, -0.25) is 4.79 Å². The van der Waals surface area contributed by atoms with Crippen LogP contribution in [0.2, 0.25) is 0 Å². The van der Waals surface area contributed by atoms with Gasteiger partial charge in [-0.25, -0.2) is 0 Å². The van der Waals surface area contributed by atoms with Crippen LogP contribution in [-0.2, 0) is 4.79 Å². The van der Waals surface area contributed by atoms with Gasteiger partial charge in [-0.15, -0.1) is 0 Å². The molecule has 2 aliphatic rings. The molecule has 1 aromatic rings. The van der Waals surface area contributed by atoms with Gasteiger partial charge in [0.05, 0.1) is 13.2 Å². The molecule has 0 aromatic heterocycles. The summed E-state index contributed by atoms with van der Waals surface area (Å²) in [6.07, 6.45) is 4.84. The smallest absolute Gasteiger partial charge is 0.226 e. The second-order valence-corrected chi connectivity index (χ2v) is 6.20.